The molecule has 0 aliphatic carbocycles. The lowest BCUT2D eigenvalue weighted by Gasteiger charge is -2.05. The van der Waals surface area contributed by atoms with Crippen molar-refractivity contribution >= 4 is 75.0 Å². The van der Waals surface area contributed by atoms with Crippen LogP contribution < -0.4 is 0 Å². The van der Waals surface area contributed by atoms with Crippen LogP contribution in [0, 0.1) is 0 Å². The molecular formula is C20H12Br2S2. The average molecular weight is 476 g/mol. The van der Waals surface area contributed by atoms with Gasteiger partial charge in [-0.3, -0.25) is 0 Å². The fraction of sp³-hybridized carbons (Fsp3) is 0. The zero-order valence-corrected chi connectivity index (χ0v) is 17.3. The zero-order valence-electron chi connectivity index (χ0n) is 12.5. The highest BCUT2D eigenvalue weighted by Crippen LogP contribution is 2.39. The number of hydrogen-bond donors (Lipinski definition) is 0. The highest BCUT2D eigenvalue weighted by Gasteiger charge is 2.02. The van der Waals surface area contributed by atoms with Crippen molar-refractivity contribution in [2.45, 2.75) is 9.79 Å². The maximum atomic E-state index is 3.52. The molecule has 4 rings (SSSR count). The number of benzene rings is 4. The van der Waals surface area contributed by atoms with E-state index in [2.05, 4.69) is 105 Å². The number of rotatable bonds is 3. The maximum Gasteiger partial charge on any atom is 0.0192 e. The van der Waals surface area contributed by atoms with Crippen LogP contribution in [0.2, 0.25) is 0 Å². The third-order valence-electron chi connectivity index (χ3n) is 3.78. The molecule has 0 amide bonds. The van der Waals surface area contributed by atoms with Gasteiger partial charge in [-0.1, -0.05) is 77.7 Å². The highest BCUT2D eigenvalue weighted by molar-refractivity contribution is 9.10. The molecule has 0 aromatic heterocycles. The van der Waals surface area contributed by atoms with Crippen LogP contribution in [-0.2, 0) is 0 Å². The van der Waals surface area contributed by atoms with Crippen molar-refractivity contribution < 1.29 is 0 Å². The Bertz CT molecular complexity index is 959. The molecular weight excluding hydrogens is 464 g/mol. The summed E-state index contributed by atoms with van der Waals surface area (Å²) in [4.78, 5) is 2.54. The Morgan fingerprint density at radius 1 is 0.458 bits per heavy atom. The molecule has 118 valence electrons. The summed E-state index contributed by atoms with van der Waals surface area (Å²) >= 11 is 7.05. The fourth-order valence-corrected chi connectivity index (χ4v) is 5.34. The van der Waals surface area contributed by atoms with Crippen LogP contribution >= 0.6 is 53.4 Å². The van der Waals surface area contributed by atoms with E-state index >= 15 is 0 Å². The largest absolute Gasteiger partial charge is 0.0532 e. The SMILES string of the molecule is Brc1ccc2cc(SSc3ccc4cc(Br)ccc4c3)ccc2c1. The maximum absolute atomic E-state index is 3.52. The molecule has 24 heavy (non-hydrogen) atoms. The molecule has 4 heteroatoms. The predicted octanol–water partition coefficient (Wildman–Crippen LogP) is 8.32. The first-order valence-corrected chi connectivity index (χ1v) is 11.1. The molecule has 0 N–H and O–H groups in total. The minimum absolute atomic E-state index is 1.12. The Morgan fingerprint density at radius 3 is 1.29 bits per heavy atom. The van der Waals surface area contributed by atoms with E-state index in [0.29, 0.717) is 0 Å². The Kier molecular flexibility index (Phi) is 4.90. The standard InChI is InChI=1S/C20H12Br2S2/c21-17-5-1-15-11-19(7-3-13(15)9-17)23-24-20-8-4-14-10-18(22)6-2-16(14)12-20/h1-12H. The molecule has 0 bridgehead atoms. The van der Waals surface area contributed by atoms with Crippen molar-refractivity contribution in [3.8, 4) is 0 Å². The van der Waals surface area contributed by atoms with Gasteiger partial charge in [0.25, 0.3) is 0 Å². The van der Waals surface area contributed by atoms with E-state index in [1.165, 1.54) is 31.3 Å². The Labute approximate surface area is 165 Å². The summed E-state index contributed by atoms with van der Waals surface area (Å²) in [7, 11) is 3.60. The summed E-state index contributed by atoms with van der Waals surface area (Å²) in [5.41, 5.74) is 0. The second-order valence-electron chi connectivity index (χ2n) is 5.47. The lowest BCUT2D eigenvalue weighted by molar-refractivity contribution is 1.51. The summed E-state index contributed by atoms with van der Waals surface area (Å²) in [6.45, 7) is 0. The molecule has 4 aromatic carbocycles. The Balaban J connectivity index is 1.56. The second-order valence-corrected chi connectivity index (χ2v) is 9.58. The van der Waals surface area contributed by atoms with Gasteiger partial charge in [0, 0.05) is 18.7 Å². The van der Waals surface area contributed by atoms with E-state index in [0.717, 1.165) is 8.95 Å². The van der Waals surface area contributed by atoms with Crippen molar-refractivity contribution in [3.63, 3.8) is 0 Å². The monoisotopic (exact) mass is 474 g/mol. The Hall–Kier alpha value is -0.940. The van der Waals surface area contributed by atoms with E-state index in [4.69, 9.17) is 0 Å². The minimum atomic E-state index is 1.12. The average Bonchev–Trinajstić information content (AvgIpc) is 2.60. The lowest BCUT2D eigenvalue weighted by Crippen LogP contribution is -1.76. The molecule has 0 nitrogen and oxygen atoms in total. The first-order chi connectivity index (χ1) is 11.7. The number of hydrogen-bond acceptors (Lipinski definition) is 2. The summed E-state index contributed by atoms with van der Waals surface area (Å²) in [5, 5.41) is 5.06. The van der Waals surface area contributed by atoms with Crippen molar-refractivity contribution in [2.24, 2.45) is 0 Å². The molecule has 0 fully saturated rings. The minimum Gasteiger partial charge on any atom is -0.0532 e. The first kappa shape index (κ1) is 16.5. The summed E-state index contributed by atoms with van der Waals surface area (Å²) < 4.78 is 2.24. The van der Waals surface area contributed by atoms with Gasteiger partial charge in [0.15, 0.2) is 0 Å². The van der Waals surface area contributed by atoms with Crippen LogP contribution in [0.15, 0.2) is 91.5 Å². The molecule has 0 unspecified atom stereocenters. The third-order valence-corrected chi connectivity index (χ3v) is 7.15. The van der Waals surface area contributed by atoms with E-state index < -0.39 is 0 Å². The van der Waals surface area contributed by atoms with Crippen molar-refractivity contribution in [1.82, 2.24) is 0 Å². The molecule has 0 saturated heterocycles. The van der Waals surface area contributed by atoms with Crippen LogP contribution in [0.4, 0.5) is 0 Å². The van der Waals surface area contributed by atoms with E-state index in [1.807, 2.05) is 0 Å². The molecule has 4 aromatic rings. The molecule has 0 heterocycles. The van der Waals surface area contributed by atoms with Gasteiger partial charge in [-0.2, -0.15) is 0 Å². The molecule has 0 saturated carbocycles. The van der Waals surface area contributed by atoms with Gasteiger partial charge in [0.05, 0.1) is 0 Å². The van der Waals surface area contributed by atoms with Gasteiger partial charge in [-0.25, -0.2) is 0 Å². The summed E-state index contributed by atoms with van der Waals surface area (Å²) in [5.74, 6) is 0. The third kappa shape index (κ3) is 3.67. The van der Waals surface area contributed by atoms with Gasteiger partial charge >= 0.3 is 0 Å². The van der Waals surface area contributed by atoms with Crippen molar-refractivity contribution in [3.05, 3.63) is 81.7 Å². The Morgan fingerprint density at radius 2 is 0.833 bits per heavy atom. The zero-order chi connectivity index (χ0) is 16.5. The van der Waals surface area contributed by atoms with E-state index in [9.17, 15) is 0 Å². The molecule has 0 aliphatic heterocycles. The molecule has 0 aliphatic rings. The second kappa shape index (κ2) is 7.12. The number of halogens is 2. The van der Waals surface area contributed by atoms with Gasteiger partial charge in [0.2, 0.25) is 0 Å². The normalized spacial score (nSPS) is 11.2. The van der Waals surface area contributed by atoms with Crippen LogP contribution in [0.1, 0.15) is 0 Å². The van der Waals surface area contributed by atoms with Crippen molar-refractivity contribution in [2.75, 3.05) is 0 Å². The predicted molar refractivity (Wildman–Crippen MR) is 115 cm³/mol. The molecule has 0 atom stereocenters. The highest BCUT2D eigenvalue weighted by atomic mass is 79.9. The van der Waals surface area contributed by atoms with Crippen LogP contribution in [0.3, 0.4) is 0 Å². The van der Waals surface area contributed by atoms with Gasteiger partial charge in [0.1, 0.15) is 0 Å². The van der Waals surface area contributed by atoms with E-state index in [-0.39, 0.29) is 0 Å². The van der Waals surface area contributed by atoms with Crippen molar-refractivity contribution in [1.29, 1.82) is 0 Å². The van der Waals surface area contributed by atoms with Crippen LogP contribution in [-0.4, -0.2) is 0 Å². The molecule has 0 radical (unpaired) electrons. The lowest BCUT2D eigenvalue weighted by atomic mass is 10.1. The van der Waals surface area contributed by atoms with Gasteiger partial charge in [-0.05, 0) is 70.1 Å². The smallest absolute Gasteiger partial charge is 0.0192 e. The quantitative estimate of drug-likeness (QED) is 0.273. The summed E-state index contributed by atoms with van der Waals surface area (Å²) in [6, 6.07) is 26.0. The fourth-order valence-electron chi connectivity index (χ4n) is 2.59. The van der Waals surface area contributed by atoms with Gasteiger partial charge < -0.3 is 0 Å². The molecule has 0 spiro atoms. The number of fused-ring (bicyclic) bond motifs is 2. The van der Waals surface area contributed by atoms with Crippen LogP contribution in [0.5, 0.6) is 0 Å². The summed E-state index contributed by atoms with van der Waals surface area (Å²) in [6.07, 6.45) is 0. The van der Waals surface area contributed by atoms with Crippen LogP contribution in [0.25, 0.3) is 21.5 Å². The van der Waals surface area contributed by atoms with Gasteiger partial charge in [-0.15, -0.1) is 0 Å². The topological polar surface area (TPSA) is 0 Å². The first-order valence-electron chi connectivity index (χ1n) is 7.41. The van der Waals surface area contributed by atoms with E-state index in [1.54, 1.807) is 21.6 Å².